The van der Waals surface area contributed by atoms with Gasteiger partial charge in [-0.25, -0.2) is 0 Å². The monoisotopic (exact) mass is 235 g/mol. The van der Waals surface area contributed by atoms with Gasteiger partial charge in [-0.1, -0.05) is 11.2 Å². The van der Waals surface area contributed by atoms with Gasteiger partial charge in [0.2, 0.25) is 5.89 Å². The zero-order chi connectivity index (χ0) is 11.0. The number of aromatic nitrogens is 2. The van der Waals surface area contributed by atoms with Crippen LogP contribution in [0.4, 0.5) is 0 Å². The van der Waals surface area contributed by atoms with Crippen molar-refractivity contribution in [2.75, 3.05) is 0 Å². The first kappa shape index (κ1) is 9.99. The van der Waals surface area contributed by atoms with Gasteiger partial charge in [-0.15, -0.1) is 11.3 Å². The van der Waals surface area contributed by atoms with Crippen LogP contribution in [0.5, 0.6) is 0 Å². The zero-order valence-corrected chi connectivity index (χ0v) is 9.61. The van der Waals surface area contributed by atoms with Crippen LogP contribution in [0.2, 0.25) is 0 Å². The maximum Gasteiger partial charge on any atom is 0.231 e. The summed E-state index contributed by atoms with van der Waals surface area (Å²) >= 11 is 1.70. The molecule has 1 fully saturated rings. The quantitative estimate of drug-likeness (QED) is 0.881. The Morgan fingerprint density at radius 1 is 1.56 bits per heavy atom. The Bertz CT molecular complexity index is 461. The fourth-order valence-corrected chi connectivity index (χ4v) is 2.40. The van der Waals surface area contributed by atoms with Gasteiger partial charge in [0.1, 0.15) is 0 Å². The molecule has 1 saturated carbocycles. The van der Waals surface area contributed by atoms with Crippen LogP contribution in [-0.4, -0.2) is 10.1 Å². The Morgan fingerprint density at radius 3 is 3.12 bits per heavy atom. The standard InChI is InChI=1S/C11H13N3OS/c12-10(7-3-4-7)11-13-9(15-14-11)6-8-2-1-5-16-8/h1-2,5,7,10H,3-4,6,12H2. The third-order valence-electron chi connectivity index (χ3n) is 2.82. The van der Waals surface area contributed by atoms with Gasteiger partial charge in [0.25, 0.3) is 0 Å². The number of nitrogens with zero attached hydrogens (tertiary/aromatic N) is 2. The molecule has 0 aromatic carbocycles. The normalized spacial score (nSPS) is 17.6. The van der Waals surface area contributed by atoms with Gasteiger partial charge < -0.3 is 10.3 Å². The first-order valence-corrected chi connectivity index (χ1v) is 6.31. The molecule has 0 aliphatic heterocycles. The Balaban J connectivity index is 1.72. The van der Waals surface area contributed by atoms with E-state index in [1.807, 2.05) is 11.4 Å². The molecule has 0 bridgehead atoms. The molecule has 1 aliphatic carbocycles. The third kappa shape index (κ3) is 2.01. The predicted molar refractivity (Wildman–Crippen MR) is 61.1 cm³/mol. The van der Waals surface area contributed by atoms with Gasteiger partial charge in [0.15, 0.2) is 5.82 Å². The Morgan fingerprint density at radius 2 is 2.44 bits per heavy atom. The number of hydrogen-bond acceptors (Lipinski definition) is 5. The van der Waals surface area contributed by atoms with E-state index in [1.54, 1.807) is 11.3 Å². The van der Waals surface area contributed by atoms with Crippen molar-refractivity contribution in [3.8, 4) is 0 Å². The Kier molecular flexibility index (Phi) is 2.49. The summed E-state index contributed by atoms with van der Waals surface area (Å²) in [4.78, 5) is 5.58. The number of hydrogen-bond donors (Lipinski definition) is 1. The van der Waals surface area contributed by atoms with E-state index in [0.29, 0.717) is 24.1 Å². The second kappa shape index (κ2) is 3.99. The lowest BCUT2D eigenvalue weighted by Crippen LogP contribution is -2.14. The lowest BCUT2D eigenvalue weighted by atomic mass is 10.2. The van der Waals surface area contributed by atoms with Crippen molar-refractivity contribution in [3.63, 3.8) is 0 Å². The summed E-state index contributed by atoms with van der Waals surface area (Å²) in [5.41, 5.74) is 6.00. The van der Waals surface area contributed by atoms with E-state index in [-0.39, 0.29) is 6.04 Å². The van der Waals surface area contributed by atoms with Crippen LogP contribution in [-0.2, 0) is 6.42 Å². The molecule has 84 valence electrons. The Hall–Kier alpha value is -1.20. The zero-order valence-electron chi connectivity index (χ0n) is 8.80. The average molecular weight is 235 g/mol. The van der Waals surface area contributed by atoms with Crippen molar-refractivity contribution in [1.29, 1.82) is 0 Å². The van der Waals surface area contributed by atoms with E-state index in [4.69, 9.17) is 10.3 Å². The van der Waals surface area contributed by atoms with Gasteiger partial charge in [0, 0.05) is 4.88 Å². The first-order chi connectivity index (χ1) is 7.83. The van der Waals surface area contributed by atoms with E-state index < -0.39 is 0 Å². The van der Waals surface area contributed by atoms with E-state index in [9.17, 15) is 0 Å². The molecular weight excluding hydrogens is 222 g/mol. The number of nitrogens with two attached hydrogens (primary N) is 1. The van der Waals surface area contributed by atoms with Gasteiger partial charge in [-0.2, -0.15) is 4.98 Å². The second-order valence-electron chi connectivity index (χ2n) is 4.17. The summed E-state index contributed by atoms with van der Waals surface area (Å²) in [6.45, 7) is 0. The highest BCUT2D eigenvalue weighted by molar-refractivity contribution is 7.09. The summed E-state index contributed by atoms with van der Waals surface area (Å²) in [5, 5.41) is 6.00. The molecule has 5 heteroatoms. The van der Waals surface area contributed by atoms with Crippen molar-refractivity contribution < 1.29 is 4.52 Å². The van der Waals surface area contributed by atoms with Gasteiger partial charge in [0.05, 0.1) is 12.5 Å². The molecule has 2 N–H and O–H groups in total. The van der Waals surface area contributed by atoms with Crippen LogP contribution in [0, 0.1) is 5.92 Å². The average Bonchev–Trinajstić information content (AvgIpc) is 2.82. The van der Waals surface area contributed by atoms with E-state index in [0.717, 1.165) is 0 Å². The van der Waals surface area contributed by atoms with E-state index in [1.165, 1.54) is 17.7 Å². The molecule has 0 radical (unpaired) electrons. The van der Waals surface area contributed by atoms with Gasteiger partial charge >= 0.3 is 0 Å². The minimum absolute atomic E-state index is 0.0409. The molecule has 4 nitrogen and oxygen atoms in total. The van der Waals surface area contributed by atoms with Crippen molar-refractivity contribution in [2.45, 2.75) is 25.3 Å². The summed E-state index contributed by atoms with van der Waals surface area (Å²) in [6, 6.07) is 4.04. The summed E-state index contributed by atoms with van der Waals surface area (Å²) < 4.78 is 5.20. The number of rotatable bonds is 4. The summed E-state index contributed by atoms with van der Waals surface area (Å²) in [7, 11) is 0. The predicted octanol–water partition coefficient (Wildman–Crippen LogP) is 2.13. The van der Waals surface area contributed by atoms with Crippen LogP contribution in [0.3, 0.4) is 0 Å². The van der Waals surface area contributed by atoms with Crippen molar-refractivity contribution in [2.24, 2.45) is 11.7 Å². The Labute approximate surface area is 97.5 Å². The van der Waals surface area contributed by atoms with E-state index >= 15 is 0 Å². The van der Waals surface area contributed by atoms with Crippen LogP contribution >= 0.6 is 11.3 Å². The van der Waals surface area contributed by atoms with Crippen LogP contribution < -0.4 is 5.73 Å². The van der Waals surface area contributed by atoms with Crippen molar-refractivity contribution in [3.05, 3.63) is 34.1 Å². The van der Waals surface area contributed by atoms with Crippen LogP contribution in [0.15, 0.2) is 22.0 Å². The number of thiophene rings is 1. The van der Waals surface area contributed by atoms with Crippen molar-refractivity contribution >= 4 is 11.3 Å². The molecule has 1 unspecified atom stereocenters. The second-order valence-corrected chi connectivity index (χ2v) is 5.20. The minimum atomic E-state index is -0.0409. The maximum absolute atomic E-state index is 6.00. The summed E-state index contributed by atoms with van der Waals surface area (Å²) in [6.07, 6.45) is 3.09. The summed E-state index contributed by atoms with van der Waals surface area (Å²) in [5.74, 6) is 1.88. The molecule has 1 aliphatic rings. The topological polar surface area (TPSA) is 64.9 Å². The van der Waals surface area contributed by atoms with Gasteiger partial charge in [-0.05, 0) is 30.2 Å². The fourth-order valence-electron chi connectivity index (χ4n) is 1.70. The molecule has 0 saturated heterocycles. The molecule has 3 rings (SSSR count). The minimum Gasteiger partial charge on any atom is -0.339 e. The molecule has 0 amide bonds. The molecule has 2 aromatic heterocycles. The largest absolute Gasteiger partial charge is 0.339 e. The van der Waals surface area contributed by atoms with Crippen LogP contribution in [0.1, 0.15) is 35.5 Å². The van der Waals surface area contributed by atoms with Gasteiger partial charge in [-0.3, -0.25) is 0 Å². The highest BCUT2D eigenvalue weighted by atomic mass is 32.1. The third-order valence-corrected chi connectivity index (χ3v) is 3.69. The molecule has 2 aromatic rings. The molecule has 2 heterocycles. The lowest BCUT2D eigenvalue weighted by Gasteiger charge is -2.01. The highest BCUT2D eigenvalue weighted by Gasteiger charge is 2.32. The SMILES string of the molecule is NC(c1noc(Cc2cccs2)n1)C1CC1. The molecule has 1 atom stereocenters. The maximum atomic E-state index is 6.00. The molecule has 16 heavy (non-hydrogen) atoms. The highest BCUT2D eigenvalue weighted by Crippen LogP contribution is 2.38. The lowest BCUT2D eigenvalue weighted by molar-refractivity contribution is 0.374. The van der Waals surface area contributed by atoms with Crippen LogP contribution in [0.25, 0.3) is 0 Å². The molecular formula is C11H13N3OS. The smallest absolute Gasteiger partial charge is 0.231 e. The van der Waals surface area contributed by atoms with E-state index in [2.05, 4.69) is 16.2 Å². The fraction of sp³-hybridized carbons (Fsp3) is 0.455. The first-order valence-electron chi connectivity index (χ1n) is 5.43. The van der Waals surface area contributed by atoms with Crippen molar-refractivity contribution in [1.82, 2.24) is 10.1 Å². The molecule has 0 spiro atoms.